The number of furan rings is 1. The zero-order valence-corrected chi connectivity index (χ0v) is 14.6. The largest absolute Gasteiger partial charge is 0.469 e. The minimum Gasteiger partial charge on any atom is -0.469 e. The van der Waals surface area contributed by atoms with Gasteiger partial charge in [0.05, 0.1) is 19.8 Å². The van der Waals surface area contributed by atoms with E-state index in [1.165, 1.54) is 13.4 Å². The number of nitrogens with zero attached hydrogens (tertiary/aromatic N) is 2. The van der Waals surface area contributed by atoms with E-state index >= 15 is 0 Å². The highest BCUT2D eigenvalue weighted by molar-refractivity contribution is 6.28. The maximum absolute atomic E-state index is 14.8. The Labute approximate surface area is 144 Å². The molecule has 1 unspecified atom stereocenters. The number of rotatable bonds is 5. The Hall–Kier alpha value is -2.15. The Bertz CT molecular complexity index is 714. The highest BCUT2D eigenvalue weighted by Gasteiger charge is 2.29. The van der Waals surface area contributed by atoms with E-state index in [0.717, 1.165) is 0 Å². The Morgan fingerprint density at radius 3 is 2.71 bits per heavy atom. The second-order valence-electron chi connectivity index (χ2n) is 6.32. The van der Waals surface area contributed by atoms with Crippen molar-refractivity contribution in [1.29, 1.82) is 0 Å². The van der Waals surface area contributed by atoms with E-state index in [0.29, 0.717) is 0 Å². The lowest BCUT2D eigenvalue weighted by Gasteiger charge is -2.31. The molecule has 1 N–H and O–H groups in total. The predicted octanol–water partition coefficient (Wildman–Crippen LogP) is 3.92. The number of hydrogen-bond donors (Lipinski definition) is 1. The zero-order chi connectivity index (χ0) is 17.9. The molecule has 2 heterocycles. The number of hydrogen-bond acceptors (Lipinski definition) is 6. The summed E-state index contributed by atoms with van der Waals surface area (Å²) < 4.78 is 24.6. The van der Waals surface area contributed by atoms with Crippen molar-refractivity contribution >= 4 is 23.4 Å². The van der Waals surface area contributed by atoms with Gasteiger partial charge in [-0.2, -0.15) is 4.98 Å². The number of carbonyl (C=O) groups is 1. The second kappa shape index (κ2) is 7.17. The third-order valence-electron chi connectivity index (χ3n) is 3.53. The van der Waals surface area contributed by atoms with Crippen LogP contribution >= 0.6 is 11.6 Å². The number of anilines is 1. The molecule has 0 aliphatic carbocycles. The molecule has 2 aromatic heterocycles. The fraction of sp³-hybridized carbons (Fsp3) is 0.438. The monoisotopic (exact) mass is 355 g/mol. The maximum Gasteiger partial charge on any atom is 0.307 e. The minimum atomic E-state index is -0.700. The molecular formula is C16H19ClFN3O3. The van der Waals surface area contributed by atoms with Crippen LogP contribution in [0.15, 0.2) is 22.8 Å². The average molecular weight is 356 g/mol. The second-order valence-corrected chi connectivity index (χ2v) is 6.66. The lowest BCUT2D eigenvalue weighted by molar-refractivity contribution is -0.141. The molecule has 24 heavy (non-hydrogen) atoms. The van der Waals surface area contributed by atoms with Crippen LogP contribution in [-0.2, 0) is 9.53 Å². The lowest BCUT2D eigenvalue weighted by Crippen LogP contribution is -2.37. The molecule has 0 radical (unpaired) electrons. The molecule has 0 amide bonds. The van der Waals surface area contributed by atoms with Gasteiger partial charge in [-0.1, -0.05) is 20.8 Å². The fourth-order valence-electron chi connectivity index (χ4n) is 2.08. The summed E-state index contributed by atoms with van der Waals surface area (Å²) in [6.45, 7) is 5.76. The molecule has 2 aromatic rings. The van der Waals surface area contributed by atoms with Gasteiger partial charge in [0.15, 0.2) is 17.4 Å². The zero-order valence-electron chi connectivity index (χ0n) is 13.9. The van der Waals surface area contributed by atoms with E-state index in [9.17, 15) is 9.18 Å². The van der Waals surface area contributed by atoms with Crippen LogP contribution in [0.1, 0.15) is 27.2 Å². The Kier molecular flexibility index (Phi) is 5.43. The van der Waals surface area contributed by atoms with Crippen molar-refractivity contribution in [3.8, 4) is 11.5 Å². The van der Waals surface area contributed by atoms with Gasteiger partial charge in [0.2, 0.25) is 5.28 Å². The number of halogens is 2. The molecule has 0 fully saturated rings. The van der Waals surface area contributed by atoms with Gasteiger partial charge < -0.3 is 14.5 Å². The van der Waals surface area contributed by atoms with E-state index in [4.69, 9.17) is 20.8 Å². The van der Waals surface area contributed by atoms with E-state index in [-0.39, 0.29) is 34.4 Å². The molecule has 2 rings (SSSR count). The van der Waals surface area contributed by atoms with Crippen molar-refractivity contribution in [2.45, 2.75) is 33.2 Å². The van der Waals surface area contributed by atoms with Crippen molar-refractivity contribution < 1.29 is 18.3 Å². The molecule has 0 spiro atoms. The number of methoxy groups -OCH3 is 1. The summed E-state index contributed by atoms with van der Waals surface area (Å²) in [7, 11) is 1.30. The Morgan fingerprint density at radius 1 is 1.46 bits per heavy atom. The van der Waals surface area contributed by atoms with Crippen molar-refractivity contribution in [2.24, 2.45) is 5.41 Å². The van der Waals surface area contributed by atoms with Gasteiger partial charge in [-0.3, -0.25) is 4.79 Å². The molecule has 0 bridgehead atoms. The van der Waals surface area contributed by atoms with Crippen LogP contribution in [0.3, 0.4) is 0 Å². The maximum atomic E-state index is 14.8. The molecule has 0 aromatic carbocycles. The first-order valence-corrected chi connectivity index (χ1v) is 7.70. The highest BCUT2D eigenvalue weighted by Crippen LogP contribution is 2.30. The third kappa shape index (κ3) is 4.23. The van der Waals surface area contributed by atoms with Crippen LogP contribution in [0.2, 0.25) is 5.28 Å². The number of nitrogens with one attached hydrogen (secondary N) is 1. The molecule has 0 aliphatic heterocycles. The molecular weight excluding hydrogens is 337 g/mol. The van der Waals surface area contributed by atoms with Crippen LogP contribution < -0.4 is 5.32 Å². The van der Waals surface area contributed by atoms with Crippen LogP contribution in [0.4, 0.5) is 10.2 Å². The molecule has 0 saturated heterocycles. The topological polar surface area (TPSA) is 77.2 Å². The molecule has 0 aliphatic rings. The number of carbonyl (C=O) groups excluding carboxylic acids is 1. The molecule has 6 nitrogen and oxygen atoms in total. The van der Waals surface area contributed by atoms with Crippen molar-refractivity contribution in [2.75, 3.05) is 12.4 Å². The van der Waals surface area contributed by atoms with Crippen molar-refractivity contribution in [1.82, 2.24) is 9.97 Å². The van der Waals surface area contributed by atoms with Gasteiger partial charge in [-0.15, -0.1) is 0 Å². The highest BCUT2D eigenvalue weighted by atomic mass is 35.5. The summed E-state index contributed by atoms with van der Waals surface area (Å²) >= 11 is 5.91. The lowest BCUT2D eigenvalue weighted by atomic mass is 9.84. The van der Waals surface area contributed by atoms with Gasteiger partial charge in [0.1, 0.15) is 5.69 Å². The minimum absolute atomic E-state index is 0.0479. The van der Waals surface area contributed by atoms with Crippen LogP contribution in [0, 0.1) is 11.2 Å². The summed E-state index contributed by atoms with van der Waals surface area (Å²) in [4.78, 5) is 19.4. The first-order chi connectivity index (χ1) is 11.2. The summed E-state index contributed by atoms with van der Waals surface area (Å²) in [6.07, 6.45) is 1.46. The van der Waals surface area contributed by atoms with E-state index < -0.39 is 17.8 Å². The number of esters is 1. The van der Waals surface area contributed by atoms with Gasteiger partial charge in [-0.25, -0.2) is 9.37 Å². The summed E-state index contributed by atoms with van der Waals surface area (Å²) in [5, 5.41) is 2.81. The molecule has 0 saturated carbocycles. The standard InChI is InChI=1S/C16H19ClFN3O3/c1-16(2,3)10(8-11(22)23-4)19-14-12(18)13(20-15(17)21-14)9-6-5-7-24-9/h5-7,10H,8H2,1-4H3,(H,19,20,21). The Balaban J connectivity index is 2.38. The fourth-order valence-corrected chi connectivity index (χ4v) is 2.25. The van der Waals surface area contributed by atoms with Crippen molar-refractivity contribution in [3.05, 3.63) is 29.5 Å². The summed E-state index contributed by atoms with van der Waals surface area (Å²) in [5.74, 6) is -0.965. The van der Waals surface area contributed by atoms with Gasteiger partial charge in [0, 0.05) is 6.04 Å². The summed E-state index contributed by atoms with van der Waals surface area (Å²) in [6, 6.07) is 2.77. The van der Waals surface area contributed by atoms with Crippen LogP contribution in [0.25, 0.3) is 11.5 Å². The van der Waals surface area contributed by atoms with Crippen LogP contribution in [0.5, 0.6) is 0 Å². The molecule has 130 valence electrons. The normalized spacial score (nSPS) is 12.8. The van der Waals surface area contributed by atoms with E-state index in [1.807, 2.05) is 20.8 Å². The number of aromatic nitrogens is 2. The number of ether oxygens (including phenoxy) is 1. The summed E-state index contributed by atoms with van der Waals surface area (Å²) in [5.41, 5.74) is -0.406. The Morgan fingerprint density at radius 2 is 2.17 bits per heavy atom. The first-order valence-electron chi connectivity index (χ1n) is 7.32. The average Bonchev–Trinajstić information content (AvgIpc) is 3.02. The van der Waals surface area contributed by atoms with E-state index in [1.54, 1.807) is 12.1 Å². The molecule has 8 heteroatoms. The first kappa shape index (κ1) is 18.2. The smallest absolute Gasteiger partial charge is 0.307 e. The van der Waals surface area contributed by atoms with Crippen molar-refractivity contribution in [3.63, 3.8) is 0 Å². The quantitative estimate of drug-likeness (QED) is 0.647. The SMILES string of the molecule is COC(=O)CC(Nc1nc(Cl)nc(-c2ccco2)c1F)C(C)(C)C. The third-order valence-corrected chi connectivity index (χ3v) is 3.70. The predicted molar refractivity (Wildman–Crippen MR) is 88.2 cm³/mol. The van der Waals surface area contributed by atoms with E-state index in [2.05, 4.69) is 15.3 Å². The van der Waals surface area contributed by atoms with Crippen LogP contribution in [-0.4, -0.2) is 29.1 Å². The van der Waals surface area contributed by atoms with Gasteiger partial charge in [-0.05, 0) is 29.1 Å². The van der Waals surface area contributed by atoms with Gasteiger partial charge >= 0.3 is 5.97 Å². The molecule has 1 atom stereocenters. The van der Waals surface area contributed by atoms with Gasteiger partial charge in [0.25, 0.3) is 0 Å².